The van der Waals surface area contributed by atoms with E-state index in [1.807, 2.05) is 0 Å². The van der Waals surface area contributed by atoms with Crippen LogP contribution in [0.3, 0.4) is 0 Å². The normalized spacial score (nSPS) is 15.2. The lowest BCUT2D eigenvalue weighted by atomic mass is 9.97. The number of carbonyl (C=O) groups excluding carboxylic acids is 2. The van der Waals surface area contributed by atoms with Gasteiger partial charge in [0.05, 0.1) is 16.5 Å². The Bertz CT molecular complexity index is 658. The summed E-state index contributed by atoms with van der Waals surface area (Å²) in [7, 11) is 0. The monoisotopic (exact) mass is 383 g/mol. The summed E-state index contributed by atoms with van der Waals surface area (Å²) in [6, 6.07) is 4.95. The zero-order valence-corrected chi connectivity index (χ0v) is 15.8. The van der Waals surface area contributed by atoms with Crippen LogP contribution in [0.4, 0.5) is 0 Å². The number of amides is 1. The zero-order chi connectivity index (χ0) is 18.2. The van der Waals surface area contributed by atoms with Gasteiger partial charge in [-0.25, -0.2) is 0 Å². The van der Waals surface area contributed by atoms with E-state index >= 15 is 0 Å². The van der Waals surface area contributed by atoms with Crippen LogP contribution in [0.5, 0.6) is 0 Å². The standard InChI is InChI=1S/C19H23Cl2NO3/c1-13(19(24)22-10-9-14-5-3-2-4-6-14)25-18(23)12-15-7-8-16(20)17(21)11-15/h5,7-8,11,13H,2-4,6,9-10,12H2,1H3,(H,22,24)/t13-/m0/s1. The number of hydrogen-bond donors (Lipinski definition) is 1. The molecule has 0 radical (unpaired) electrons. The third kappa shape index (κ3) is 6.71. The highest BCUT2D eigenvalue weighted by molar-refractivity contribution is 6.42. The molecule has 0 fully saturated rings. The summed E-state index contributed by atoms with van der Waals surface area (Å²) in [6.07, 6.45) is 7.06. The molecule has 1 aliphatic rings. The summed E-state index contributed by atoms with van der Waals surface area (Å²) in [5.74, 6) is -0.755. The summed E-state index contributed by atoms with van der Waals surface area (Å²) in [6.45, 7) is 2.14. The maximum absolute atomic E-state index is 12.0. The van der Waals surface area contributed by atoms with Crippen LogP contribution < -0.4 is 5.32 Å². The maximum atomic E-state index is 12.0. The minimum absolute atomic E-state index is 0.0431. The fraction of sp³-hybridized carbons (Fsp3) is 0.474. The number of esters is 1. The van der Waals surface area contributed by atoms with Gasteiger partial charge in [-0.2, -0.15) is 0 Å². The number of allylic oxidation sites excluding steroid dienone is 1. The van der Waals surface area contributed by atoms with Crippen LogP contribution in [-0.4, -0.2) is 24.5 Å². The minimum atomic E-state index is -0.824. The molecule has 0 aliphatic heterocycles. The predicted molar refractivity (Wildman–Crippen MR) is 99.9 cm³/mol. The topological polar surface area (TPSA) is 55.4 Å². The molecule has 25 heavy (non-hydrogen) atoms. The van der Waals surface area contributed by atoms with Gasteiger partial charge in [-0.3, -0.25) is 9.59 Å². The smallest absolute Gasteiger partial charge is 0.311 e. The Balaban J connectivity index is 1.72. The van der Waals surface area contributed by atoms with Gasteiger partial charge in [-0.15, -0.1) is 0 Å². The van der Waals surface area contributed by atoms with Crippen molar-refractivity contribution in [1.82, 2.24) is 5.32 Å². The second-order valence-corrected chi connectivity index (χ2v) is 7.02. The Hall–Kier alpha value is -1.52. The van der Waals surface area contributed by atoms with Gasteiger partial charge in [0.1, 0.15) is 0 Å². The molecule has 1 aromatic carbocycles. The Kier molecular flexibility index (Phi) is 7.79. The molecule has 0 aromatic heterocycles. The van der Waals surface area contributed by atoms with Crippen LogP contribution in [0.25, 0.3) is 0 Å². The quantitative estimate of drug-likeness (QED) is 0.557. The van der Waals surface area contributed by atoms with Crippen molar-refractivity contribution in [3.8, 4) is 0 Å². The largest absolute Gasteiger partial charge is 0.452 e. The molecule has 0 unspecified atom stereocenters. The van der Waals surface area contributed by atoms with Gasteiger partial charge >= 0.3 is 5.97 Å². The minimum Gasteiger partial charge on any atom is -0.452 e. The van der Waals surface area contributed by atoms with Crippen molar-refractivity contribution < 1.29 is 14.3 Å². The first-order valence-corrected chi connectivity index (χ1v) is 9.30. The molecule has 6 heteroatoms. The Morgan fingerprint density at radius 2 is 2.04 bits per heavy atom. The van der Waals surface area contributed by atoms with Crippen LogP contribution >= 0.6 is 23.2 Å². The van der Waals surface area contributed by atoms with Crippen molar-refractivity contribution in [3.05, 3.63) is 45.5 Å². The Morgan fingerprint density at radius 3 is 2.72 bits per heavy atom. The molecule has 4 nitrogen and oxygen atoms in total. The molecule has 1 N–H and O–H groups in total. The molecule has 0 heterocycles. The predicted octanol–water partition coefficient (Wildman–Crippen LogP) is 4.47. The summed E-state index contributed by atoms with van der Waals surface area (Å²) in [5.41, 5.74) is 2.09. The number of halogens is 2. The highest BCUT2D eigenvalue weighted by Gasteiger charge is 2.18. The number of benzene rings is 1. The summed E-state index contributed by atoms with van der Waals surface area (Å²) in [4.78, 5) is 24.0. The van der Waals surface area contributed by atoms with E-state index in [0.717, 1.165) is 19.3 Å². The van der Waals surface area contributed by atoms with Crippen molar-refractivity contribution in [2.75, 3.05) is 6.54 Å². The van der Waals surface area contributed by atoms with E-state index in [1.165, 1.54) is 18.4 Å². The van der Waals surface area contributed by atoms with E-state index in [-0.39, 0.29) is 12.3 Å². The molecule has 1 aliphatic carbocycles. The van der Waals surface area contributed by atoms with Gasteiger partial charge in [0, 0.05) is 6.54 Å². The summed E-state index contributed by atoms with van der Waals surface area (Å²) >= 11 is 11.8. The van der Waals surface area contributed by atoms with Gasteiger partial charge in [0.15, 0.2) is 6.10 Å². The van der Waals surface area contributed by atoms with Crippen LogP contribution in [0.1, 0.15) is 44.6 Å². The molecular formula is C19H23Cl2NO3. The number of nitrogens with one attached hydrogen (secondary N) is 1. The lowest BCUT2D eigenvalue weighted by Crippen LogP contribution is -2.36. The number of ether oxygens (including phenoxy) is 1. The number of rotatable bonds is 7. The number of carbonyl (C=O) groups is 2. The molecule has 2 rings (SSSR count). The lowest BCUT2D eigenvalue weighted by Gasteiger charge is -2.15. The van der Waals surface area contributed by atoms with Crippen molar-refractivity contribution in [1.29, 1.82) is 0 Å². The second kappa shape index (κ2) is 9.83. The Morgan fingerprint density at radius 1 is 1.24 bits per heavy atom. The molecular weight excluding hydrogens is 361 g/mol. The summed E-state index contributed by atoms with van der Waals surface area (Å²) < 4.78 is 5.19. The molecule has 0 bridgehead atoms. The van der Waals surface area contributed by atoms with Crippen LogP contribution in [-0.2, 0) is 20.7 Å². The fourth-order valence-corrected chi connectivity index (χ4v) is 3.05. The highest BCUT2D eigenvalue weighted by atomic mass is 35.5. The molecule has 1 amide bonds. The molecule has 0 spiro atoms. The van der Waals surface area contributed by atoms with Gasteiger partial charge in [0.25, 0.3) is 5.91 Å². The summed E-state index contributed by atoms with van der Waals surface area (Å²) in [5, 5.41) is 3.63. The average molecular weight is 384 g/mol. The third-order valence-corrected chi connectivity index (χ3v) is 4.88. The van der Waals surface area contributed by atoms with E-state index in [4.69, 9.17) is 27.9 Å². The number of hydrogen-bond acceptors (Lipinski definition) is 3. The maximum Gasteiger partial charge on any atom is 0.311 e. The molecule has 0 saturated heterocycles. The lowest BCUT2D eigenvalue weighted by molar-refractivity contribution is -0.154. The second-order valence-electron chi connectivity index (χ2n) is 6.21. The van der Waals surface area contributed by atoms with Crippen LogP contribution in [0.15, 0.2) is 29.8 Å². The first-order valence-electron chi connectivity index (χ1n) is 8.54. The van der Waals surface area contributed by atoms with Gasteiger partial charge in [-0.05, 0) is 56.7 Å². The molecule has 0 saturated carbocycles. The first-order chi connectivity index (χ1) is 12.0. The Labute approximate surface area is 158 Å². The van der Waals surface area contributed by atoms with Crippen molar-refractivity contribution in [2.24, 2.45) is 0 Å². The van der Waals surface area contributed by atoms with E-state index in [0.29, 0.717) is 22.2 Å². The van der Waals surface area contributed by atoms with E-state index in [1.54, 1.807) is 25.1 Å². The molecule has 136 valence electrons. The zero-order valence-electron chi connectivity index (χ0n) is 14.3. The van der Waals surface area contributed by atoms with Gasteiger partial charge in [-0.1, -0.05) is 40.9 Å². The first kappa shape index (κ1) is 19.8. The van der Waals surface area contributed by atoms with E-state index < -0.39 is 12.1 Å². The SMILES string of the molecule is C[C@H](OC(=O)Cc1ccc(Cl)c(Cl)c1)C(=O)NCCC1=CCCCC1. The van der Waals surface area contributed by atoms with Gasteiger partial charge < -0.3 is 10.1 Å². The van der Waals surface area contributed by atoms with Crippen LogP contribution in [0, 0.1) is 0 Å². The molecule has 1 atom stereocenters. The highest BCUT2D eigenvalue weighted by Crippen LogP contribution is 2.23. The van der Waals surface area contributed by atoms with Gasteiger partial charge in [0.2, 0.25) is 0 Å². The van der Waals surface area contributed by atoms with E-state index in [2.05, 4.69) is 11.4 Å². The van der Waals surface area contributed by atoms with Crippen LogP contribution in [0.2, 0.25) is 10.0 Å². The van der Waals surface area contributed by atoms with Crippen molar-refractivity contribution in [2.45, 2.75) is 51.6 Å². The average Bonchev–Trinajstić information content (AvgIpc) is 2.59. The molecule has 1 aromatic rings. The van der Waals surface area contributed by atoms with Crippen molar-refractivity contribution >= 4 is 35.1 Å². The van der Waals surface area contributed by atoms with E-state index in [9.17, 15) is 9.59 Å². The fourth-order valence-electron chi connectivity index (χ4n) is 2.73. The third-order valence-electron chi connectivity index (χ3n) is 4.14. The van der Waals surface area contributed by atoms with Crippen molar-refractivity contribution in [3.63, 3.8) is 0 Å².